The van der Waals surface area contributed by atoms with Crippen molar-refractivity contribution in [1.82, 2.24) is 15.1 Å². The zero-order valence-corrected chi connectivity index (χ0v) is 17.7. The number of nitrogens with one attached hydrogen (secondary N) is 1. The molecule has 3 fully saturated rings. The Kier molecular flexibility index (Phi) is 5.58. The minimum Gasteiger partial charge on any atom is -0.495 e. The summed E-state index contributed by atoms with van der Waals surface area (Å²) in [5.41, 5.74) is 0.187. The van der Waals surface area contributed by atoms with Crippen molar-refractivity contribution in [1.29, 1.82) is 0 Å². The molecule has 2 heterocycles. The minimum atomic E-state index is -0.821. The number of benzene rings is 1. The van der Waals surface area contributed by atoms with E-state index < -0.39 is 11.6 Å². The molecule has 0 aromatic heterocycles. The summed E-state index contributed by atoms with van der Waals surface area (Å²) in [4.78, 5) is 43.5. The highest BCUT2D eigenvalue weighted by Gasteiger charge is 2.55. The van der Waals surface area contributed by atoms with Crippen molar-refractivity contribution < 1.29 is 19.1 Å². The third-order valence-electron chi connectivity index (χ3n) is 6.85. The van der Waals surface area contributed by atoms with E-state index in [1.807, 2.05) is 31.2 Å². The second-order valence-electron chi connectivity index (χ2n) is 8.48. The average Bonchev–Trinajstić information content (AvgIpc) is 3.00. The van der Waals surface area contributed by atoms with Gasteiger partial charge in [0.15, 0.2) is 0 Å². The van der Waals surface area contributed by atoms with Crippen molar-refractivity contribution in [2.45, 2.75) is 38.1 Å². The molecule has 1 spiro atoms. The van der Waals surface area contributed by atoms with Gasteiger partial charge in [-0.15, -0.1) is 0 Å². The Bertz CT molecular complexity index is 836. The summed E-state index contributed by atoms with van der Waals surface area (Å²) in [6, 6.07) is 7.39. The van der Waals surface area contributed by atoms with Gasteiger partial charge in [0.25, 0.3) is 5.91 Å². The van der Waals surface area contributed by atoms with E-state index in [1.165, 1.54) is 0 Å². The van der Waals surface area contributed by atoms with E-state index in [1.54, 1.807) is 12.0 Å². The van der Waals surface area contributed by atoms with Crippen LogP contribution in [0.25, 0.3) is 0 Å². The molecule has 1 aromatic rings. The second-order valence-corrected chi connectivity index (χ2v) is 8.48. The molecule has 1 saturated carbocycles. The van der Waals surface area contributed by atoms with Gasteiger partial charge in [0, 0.05) is 26.2 Å². The Morgan fingerprint density at radius 2 is 1.90 bits per heavy atom. The number of amides is 4. The maximum absolute atomic E-state index is 13.1. The molecule has 30 heavy (non-hydrogen) atoms. The average molecular weight is 415 g/mol. The molecule has 0 radical (unpaired) electrons. The Morgan fingerprint density at radius 3 is 2.60 bits per heavy atom. The van der Waals surface area contributed by atoms with Crippen LogP contribution in [0.4, 0.5) is 10.5 Å². The standard InChI is InChI=1S/C22H30N4O4/c1-16-7-5-6-10-22(16)20(28)26(21(29)23-22)15-19(27)25-13-11-24(12-14-25)17-8-3-4-9-18(17)30-2/h3-4,8-9,16H,5-7,10-15H2,1-2H3,(H,23,29)/t16-,22-/m0/s1. The first-order valence-electron chi connectivity index (χ1n) is 10.8. The number of carbonyl (C=O) groups is 3. The lowest BCUT2D eigenvalue weighted by Crippen LogP contribution is -2.55. The lowest BCUT2D eigenvalue weighted by atomic mass is 9.73. The van der Waals surface area contributed by atoms with Crippen LogP contribution in [0, 0.1) is 5.92 Å². The van der Waals surface area contributed by atoms with Crippen molar-refractivity contribution >= 4 is 23.5 Å². The van der Waals surface area contributed by atoms with Crippen LogP contribution >= 0.6 is 0 Å². The molecule has 2 atom stereocenters. The maximum atomic E-state index is 13.1. The number of nitrogens with zero attached hydrogens (tertiary/aromatic N) is 3. The van der Waals surface area contributed by atoms with Gasteiger partial charge in [-0.05, 0) is 30.9 Å². The Hall–Kier alpha value is -2.77. The normalized spacial score (nSPS) is 26.9. The maximum Gasteiger partial charge on any atom is 0.325 e. The van der Waals surface area contributed by atoms with E-state index in [2.05, 4.69) is 10.2 Å². The highest BCUT2D eigenvalue weighted by atomic mass is 16.5. The van der Waals surface area contributed by atoms with Crippen LogP contribution in [0.5, 0.6) is 5.75 Å². The van der Waals surface area contributed by atoms with E-state index in [-0.39, 0.29) is 24.3 Å². The summed E-state index contributed by atoms with van der Waals surface area (Å²) < 4.78 is 5.44. The number of rotatable bonds is 4. The molecule has 1 N–H and O–H groups in total. The molecule has 4 amide bonds. The topological polar surface area (TPSA) is 82.2 Å². The number of ether oxygens (including phenoxy) is 1. The quantitative estimate of drug-likeness (QED) is 0.761. The molecule has 1 aromatic carbocycles. The van der Waals surface area contributed by atoms with E-state index in [4.69, 9.17) is 4.74 Å². The van der Waals surface area contributed by atoms with Crippen molar-refractivity contribution in [3.8, 4) is 5.75 Å². The summed E-state index contributed by atoms with van der Waals surface area (Å²) >= 11 is 0. The number of anilines is 1. The van der Waals surface area contributed by atoms with Crippen LogP contribution in [-0.2, 0) is 9.59 Å². The zero-order valence-electron chi connectivity index (χ0n) is 17.7. The summed E-state index contributed by atoms with van der Waals surface area (Å²) in [5, 5.41) is 2.91. The molecular weight excluding hydrogens is 384 g/mol. The number of methoxy groups -OCH3 is 1. The number of imide groups is 1. The lowest BCUT2D eigenvalue weighted by Gasteiger charge is -2.38. The first kappa shape index (κ1) is 20.5. The number of para-hydroxylation sites is 2. The molecule has 8 nitrogen and oxygen atoms in total. The van der Waals surface area contributed by atoms with Crippen molar-refractivity contribution in [3.63, 3.8) is 0 Å². The van der Waals surface area contributed by atoms with Gasteiger partial charge in [-0.2, -0.15) is 0 Å². The molecule has 2 saturated heterocycles. The molecule has 0 bridgehead atoms. The van der Waals surface area contributed by atoms with Gasteiger partial charge in [0.05, 0.1) is 12.8 Å². The molecule has 162 valence electrons. The van der Waals surface area contributed by atoms with E-state index in [0.717, 1.165) is 35.6 Å². The predicted molar refractivity (Wildman–Crippen MR) is 112 cm³/mol. The second kappa shape index (κ2) is 8.16. The molecule has 8 heteroatoms. The fourth-order valence-corrected chi connectivity index (χ4v) is 4.96. The first-order chi connectivity index (χ1) is 14.5. The largest absolute Gasteiger partial charge is 0.495 e. The Balaban J connectivity index is 1.37. The smallest absolute Gasteiger partial charge is 0.325 e. The van der Waals surface area contributed by atoms with Crippen LogP contribution in [0.1, 0.15) is 32.6 Å². The summed E-state index contributed by atoms with van der Waals surface area (Å²) in [6.45, 7) is 4.26. The van der Waals surface area contributed by atoms with Crippen molar-refractivity contribution in [3.05, 3.63) is 24.3 Å². The summed E-state index contributed by atoms with van der Waals surface area (Å²) in [6.07, 6.45) is 3.56. The van der Waals surface area contributed by atoms with E-state index in [0.29, 0.717) is 32.6 Å². The molecular formula is C22H30N4O4. The third kappa shape index (κ3) is 3.48. The van der Waals surface area contributed by atoms with Crippen molar-refractivity contribution in [2.75, 3.05) is 44.7 Å². The molecule has 4 rings (SSSR count). The number of hydrogen-bond acceptors (Lipinski definition) is 5. The van der Waals surface area contributed by atoms with Crippen LogP contribution in [-0.4, -0.2) is 73.0 Å². The Labute approximate surface area is 177 Å². The minimum absolute atomic E-state index is 0.0900. The van der Waals surface area contributed by atoms with Crippen LogP contribution in [0.15, 0.2) is 24.3 Å². The Morgan fingerprint density at radius 1 is 1.17 bits per heavy atom. The highest BCUT2D eigenvalue weighted by molar-refractivity contribution is 6.09. The fourth-order valence-electron chi connectivity index (χ4n) is 4.96. The van der Waals surface area contributed by atoms with Gasteiger partial charge in [0.2, 0.25) is 5.91 Å². The van der Waals surface area contributed by atoms with Crippen molar-refractivity contribution in [2.24, 2.45) is 5.92 Å². The van der Waals surface area contributed by atoms with Gasteiger partial charge in [-0.3, -0.25) is 14.5 Å². The summed E-state index contributed by atoms with van der Waals surface area (Å²) in [5.74, 6) is 0.482. The molecule has 0 unspecified atom stereocenters. The van der Waals surface area contributed by atoms with Gasteiger partial charge >= 0.3 is 6.03 Å². The highest BCUT2D eigenvalue weighted by Crippen LogP contribution is 2.38. The number of carbonyl (C=O) groups excluding carboxylic acids is 3. The SMILES string of the molecule is COc1ccccc1N1CCN(C(=O)CN2C(=O)N[C@]3(CCCC[C@@H]3C)C2=O)CC1. The lowest BCUT2D eigenvalue weighted by molar-refractivity contribution is -0.140. The van der Waals surface area contributed by atoms with Crippen LogP contribution in [0.2, 0.25) is 0 Å². The number of hydrogen-bond donors (Lipinski definition) is 1. The van der Waals surface area contributed by atoms with E-state index in [9.17, 15) is 14.4 Å². The molecule has 3 aliphatic rings. The van der Waals surface area contributed by atoms with Gasteiger partial charge in [-0.25, -0.2) is 4.79 Å². The fraction of sp³-hybridized carbons (Fsp3) is 0.591. The zero-order chi connectivity index (χ0) is 21.3. The summed E-state index contributed by atoms with van der Waals surface area (Å²) in [7, 11) is 1.65. The predicted octanol–water partition coefficient (Wildman–Crippen LogP) is 1.84. The monoisotopic (exact) mass is 414 g/mol. The van der Waals surface area contributed by atoms with Gasteiger partial charge in [0.1, 0.15) is 17.8 Å². The van der Waals surface area contributed by atoms with Gasteiger partial charge < -0.3 is 19.9 Å². The first-order valence-corrected chi connectivity index (χ1v) is 10.8. The van der Waals surface area contributed by atoms with Gasteiger partial charge in [-0.1, -0.05) is 31.9 Å². The third-order valence-corrected chi connectivity index (χ3v) is 6.85. The molecule has 2 aliphatic heterocycles. The van der Waals surface area contributed by atoms with Crippen LogP contribution < -0.4 is 15.0 Å². The number of urea groups is 1. The molecule has 1 aliphatic carbocycles. The van der Waals surface area contributed by atoms with E-state index >= 15 is 0 Å². The van der Waals surface area contributed by atoms with Crippen LogP contribution in [0.3, 0.4) is 0 Å². The number of piperazine rings is 1.